The molecule has 1 aromatic heterocycles. The van der Waals surface area contributed by atoms with Crippen LogP contribution in [-0.4, -0.2) is 21.0 Å². The highest BCUT2D eigenvalue weighted by atomic mass is 19.1. The van der Waals surface area contributed by atoms with Crippen molar-refractivity contribution in [3.63, 3.8) is 0 Å². The van der Waals surface area contributed by atoms with Gasteiger partial charge in [0, 0.05) is 11.8 Å². The van der Waals surface area contributed by atoms with Crippen molar-refractivity contribution in [3.8, 4) is 17.1 Å². The average Bonchev–Trinajstić information content (AvgIpc) is 2.83. The van der Waals surface area contributed by atoms with Gasteiger partial charge < -0.3 is 0 Å². The Labute approximate surface area is 120 Å². The summed E-state index contributed by atoms with van der Waals surface area (Å²) in [4.78, 5) is 4.34. The van der Waals surface area contributed by atoms with Crippen molar-refractivity contribution < 1.29 is 4.39 Å². The predicted octanol–water partition coefficient (Wildman–Crippen LogP) is 3.01. The molecule has 0 amide bonds. The number of hydrogen-bond acceptors (Lipinski definition) is 3. The third-order valence-electron chi connectivity index (χ3n) is 3.49. The van der Waals surface area contributed by atoms with Crippen molar-refractivity contribution in [2.75, 3.05) is 0 Å². The summed E-state index contributed by atoms with van der Waals surface area (Å²) >= 11 is 0. The van der Waals surface area contributed by atoms with E-state index in [1.54, 1.807) is 18.2 Å². The van der Waals surface area contributed by atoms with Crippen molar-refractivity contribution in [3.05, 3.63) is 65.7 Å². The fraction of sp³-hybridized carbons (Fsp3) is 0.0625. The van der Waals surface area contributed by atoms with Crippen LogP contribution in [-0.2, 0) is 6.54 Å². The van der Waals surface area contributed by atoms with Crippen LogP contribution in [0.15, 0.2) is 53.5 Å². The normalized spacial score (nSPS) is 12.6. The number of aliphatic imine (C=N–C) groups is 1. The first-order valence-corrected chi connectivity index (χ1v) is 6.63. The molecule has 1 aliphatic heterocycles. The highest BCUT2D eigenvalue weighted by Gasteiger charge is 2.20. The summed E-state index contributed by atoms with van der Waals surface area (Å²) in [5.74, 6) is 0.894. The number of para-hydroxylation sites is 1. The third-order valence-corrected chi connectivity index (χ3v) is 3.49. The Morgan fingerprint density at radius 3 is 2.67 bits per heavy atom. The second-order valence-corrected chi connectivity index (χ2v) is 4.78. The SMILES string of the molecule is Fc1ccccc1-c1nnc2n1-c1ccccc1C=NC2. The van der Waals surface area contributed by atoms with Crippen LogP contribution in [0.3, 0.4) is 0 Å². The number of aromatic nitrogens is 3. The summed E-state index contributed by atoms with van der Waals surface area (Å²) in [5, 5.41) is 8.33. The van der Waals surface area contributed by atoms with Crippen LogP contribution in [0.2, 0.25) is 0 Å². The molecule has 21 heavy (non-hydrogen) atoms. The lowest BCUT2D eigenvalue weighted by Gasteiger charge is -2.10. The van der Waals surface area contributed by atoms with Gasteiger partial charge in [-0.05, 0) is 18.2 Å². The lowest BCUT2D eigenvalue weighted by molar-refractivity contribution is 0.629. The van der Waals surface area contributed by atoms with Crippen molar-refractivity contribution in [1.29, 1.82) is 0 Å². The van der Waals surface area contributed by atoms with E-state index in [0.29, 0.717) is 23.8 Å². The van der Waals surface area contributed by atoms with E-state index in [9.17, 15) is 4.39 Å². The average molecular weight is 278 g/mol. The second kappa shape index (κ2) is 4.63. The lowest BCUT2D eigenvalue weighted by atomic mass is 10.1. The van der Waals surface area contributed by atoms with Crippen molar-refractivity contribution in [2.45, 2.75) is 6.54 Å². The highest BCUT2D eigenvalue weighted by molar-refractivity contribution is 5.86. The first kappa shape index (κ1) is 12.0. The molecule has 0 saturated heterocycles. The minimum atomic E-state index is -0.310. The van der Waals surface area contributed by atoms with Crippen LogP contribution < -0.4 is 0 Å². The Balaban J connectivity index is 2.02. The van der Waals surface area contributed by atoms with E-state index >= 15 is 0 Å². The summed E-state index contributed by atoms with van der Waals surface area (Å²) in [6.07, 6.45) is 1.81. The summed E-state index contributed by atoms with van der Waals surface area (Å²) < 4.78 is 16.0. The van der Waals surface area contributed by atoms with Gasteiger partial charge in [-0.2, -0.15) is 0 Å². The maximum atomic E-state index is 14.1. The molecule has 0 unspecified atom stereocenters. The Morgan fingerprint density at radius 1 is 0.952 bits per heavy atom. The van der Waals surface area contributed by atoms with Crippen LogP contribution in [0.4, 0.5) is 4.39 Å². The van der Waals surface area contributed by atoms with Gasteiger partial charge in [-0.1, -0.05) is 30.3 Å². The van der Waals surface area contributed by atoms with E-state index in [2.05, 4.69) is 15.2 Å². The minimum absolute atomic E-state index is 0.310. The smallest absolute Gasteiger partial charge is 0.171 e. The van der Waals surface area contributed by atoms with Crippen LogP contribution in [0, 0.1) is 5.82 Å². The molecule has 2 heterocycles. The quantitative estimate of drug-likeness (QED) is 0.686. The molecule has 3 aromatic rings. The zero-order valence-corrected chi connectivity index (χ0v) is 11.1. The van der Waals surface area contributed by atoms with Crippen LogP contribution in [0.1, 0.15) is 11.4 Å². The molecule has 4 rings (SSSR count). The minimum Gasteiger partial charge on any atom is -0.284 e. The van der Waals surface area contributed by atoms with E-state index in [0.717, 1.165) is 11.3 Å². The lowest BCUT2D eigenvalue weighted by Crippen LogP contribution is -2.04. The molecule has 2 aromatic carbocycles. The van der Waals surface area contributed by atoms with Crippen LogP contribution in [0.25, 0.3) is 17.1 Å². The first-order chi connectivity index (χ1) is 10.3. The fourth-order valence-corrected chi connectivity index (χ4v) is 2.52. The molecular weight excluding hydrogens is 267 g/mol. The molecular formula is C16H11FN4. The molecule has 4 nitrogen and oxygen atoms in total. The van der Waals surface area contributed by atoms with Gasteiger partial charge in [-0.25, -0.2) is 4.39 Å². The molecule has 0 saturated carbocycles. The third kappa shape index (κ3) is 1.86. The van der Waals surface area contributed by atoms with Crippen molar-refractivity contribution in [1.82, 2.24) is 14.8 Å². The van der Waals surface area contributed by atoms with Crippen molar-refractivity contribution in [2.24, 2.45) is 4.99 Å². The van der Waals surface area contributed by atoms with Gasteiger partial charge in [0.15, 0.2) is 11.6 Å². The van der Waals surface area contributed by atoms with Crippen LogP contribution >= 0.6 is 0 Å². The Hall–Kier alpha value is -2.82. The monoisotopic (exact) mass is 278 g/mol. The molecule has 1 aliphatic rings. The van der Waals surface area contributed by atoms with E-state index < -0.39 is 0 Å². The summed E-state index contributed by atoms with van der Waals surface area (Å²) in [7, 11) is 0. The predicted molar refractivity (Wildman–Crippen MR) is 78.1 cm³/mol. The van der Waals surface area contributed by atoms with Gasteiger partial charge in [0.1, 0.15) is 5.82 Å². The molecule has 102 valence electrons. The number of hydrogen-bond donors (Lipinski definition) is 0. The fourth-order valence-electron chi connectivity index (χ4n) is 2.52. The van der Waals surface area contributed by atoms with E-state index in [1.165, 1.54) is 6.07 Å². The van der Waals surface area contributed by atoms with Crippen molar-refractivity contribution >= 4 is 6.21 Å². The van der Waals surface area contributed by atoms with Gasteiger partial charge in [0.25, 0.3) is 0 Å². The molecule has 0 aliphatic carbocycles. The number of halogens is 1. The Bertz CT molecular complexity index is 851. The molecule has 0 N–H and O–H groups in total. The van der Waals surface area contributed by atoms with E-state index in [1.807, 2.05) is 35.0 Å². The summed E-state index contributed by atoms with van der Waals surface area (Å²) in [6.45, 7) is 0.427. The largest absolute Gasteiger partial charge is 0.284 e. The molecule has 5 heteroatoms. The zero-order chi connectivity index (χ0) is 14.2. The number of nitrogens with zero attached hydrogens (tertiary/aromatic N) is 4. The van der Waals surface area contributed by atoms with Gasteiger partial charge in [-0.3, -0.25) is 9.56 Å². The zero-order valence-electron chi connectivity index (χ0n) is 11.1. The Morgan fingerprint density at radius 2 is 1.76 bits per heavy atom. The number of rotatable bonds is 1. The molecule has 0 radical (unpaired) electrons. The summed E-state index contributed by atoms with van der Waals surface area (Å²) in [5.41, 5.74) is 2.32. The highest BCUT2D eigenvalue weighted by Crippen LogP contribution is 2.27. The number of fused-ring (bicyclic) bond motifs is 3. The van der Waals surface area contributed by atoms with Gasteiger partial charge in [-0.15, -0.1) is 10.2 Å². The first-order valence-electron chi connectivity index (χ1n) is 6.63. The second-order valence-electron chi connectivity index (χ2n) is 4.78. The Kier molecular flexibility index (Phi) is 2.64. The van der Waals surface area contributed by atoms with Gasteiger partial charge >= 0.3 is 0 Å². The molecule has 0 bridgehead atoms. The van der Waals surface area contributed by atoms with E-state index in [4.69, 9.17) is 0 Å². The number of benzene rings is 2. The maximum absolute atomic E-state index is 14.1. The van der Waals surface area contributed by atoms with E-state index in [-0.39, 0.29) is 5.82 Å². The standard InChI is InChI=1S/C16H11FN4/c17-13-7-3-2-6-12(13)16-20-19-15-10-18-9-11-5-1-4-8-14(11)21(15)16/h1-9H,10H2. The topological polar surface area (TPSA) is 43.1 Å². The molecule has 0 fully saturated rings. The molecule has 0 atom stereocenters. The maximum Gasteiger partial charge on any atom is 0.171 e. The van der Waals surface area contributed by atoms with Gasteiger partial charge in [0.2, 0.25) is 0 Å². The van der Waals surface area contributed by atoms with Crippen LogP contribution in [0.5, 0.6) is 0 Å². The summed E-state index contributed by atoms with van der Waals surface area (Å²) in [6, 6.07) is 14.4. The van der Waals surface area contributed by atoms with Gasteiger partial charge in [0.05, 0.1) is 17.8 Å². The molecule has 0 spiro atoms.